The van der Waals surface area contributed by atoms with Gasteiger partial charge in [0.1, 0.15) is 6.29 Å². The Morgan fingerprint density at radius 1 is 1.00 bits per heavy atom. The summed E-state index contributed by atoms with van der Waals surface area (Å²) in [4.78, 5) is 31.7. The normalized spacial score (nSPS) is 9.85. The molecular formula is C20H20N4O2. The van der Waals surface area contributed by atoms with Crippen LogP contribution in [0.4, 0.5) is 5.69 Å². The monoisotopic (exact) mass is 348 g/mol. The molecule has 0 saturated heterocycles. The number of hydrogen-bond donors (Lipinski definition) is 2. The third-order valence-electron chi connectivity index (χ3n) is 3.64. The van der Waals surface area contributed by atoms with E-state index in [4.69, 9.17) is 5.73 Å². The Hall–Kier alpha value is -3.54. The summed E-state index contributed by atoms with van der Waals surface area (Å²) in [7, 11) is 0. The first-order chi connectivity index (χ1) is 12.2. The van der Waals surface area contributed by atoms with Crippen molar-refractivity contribution in [3.05, 3.63) is 77.6 Å². The van der Waals surface area contributed by atoms with E-state index in [1.807, 2.05) is 12.1 Å². The molecule has 1 aromatic carbocycles. The van der Waals surface area contributed by atoms with E-state index >= 15 is 0 Å². The fourth-order valence-electron chi connectivity index (χ4n) is 2.29. The first kappa shape index (κ1) is 18.8. The minimum Gasteiger partial charge on any atom is -0.399 e. The van der Waals surface area contributed by atoms with Crippen molar-refractivity contribution >= 4 is 17.9 Å². The minimum atomic E-state index is -0.216. The van der Waals surface area contributed by atoms with Crippen LogP contribution in [0.3, 0.4) is 0 Å². The van der Waals surface area contributed by atoms with Crippen LogP contribution in [0.15, 0.2) is 60.9 Å². The van der Waals surface area contributed by atoms with E-state index in [0.29, 0.717) is 34.7 Å². The lowest BCUT2D eigenvalue weighted by Gasteiger charge is -2.07. The van der Waals surface area contributed by atoms with Crippen LogP contribution < -0.4 is 11.1 Å². The number of aldehydes is 1. The molecule has 0 aliphatic rings. The number of nitrogens with one attached hydrogen (secondary N) is 1. The zero-order chi connectivity index (χ0) is 17.6. The Balaban J connectivity index is 0.00000243. The van der Waals surface area contributed by atoms with Crippen molar-refractivity contribution in [3.8, 4) is 11.4 Å². The number of pyridine rings is 2. The molecule has 0 saturated carbocycles. The smallest absolute Gasteiger partial charge is 0.251 e. The van der Waals surface area contributed by atoms with Crippen molar-refractivity contribution in [2.24, 2.45) is 0 Å². The third kappa shape index (κ3) is 4.51. The highest BCUT2D eigenvalue weighted by Gasteiger charge is 2.09. The highest BCUT2D eigenvalue weighted by molar-refractivity contribution is 5.95. The second-order valence-electron chi connectivity index (χ2n) is 5.45. The number of anilines is 1. The molecule has 0 bridgehead atoms. The van der Waals surface area contributed by atoms with Crippen LogP contribution in [-0.4, -0.2) is 22.2 Å². The number of nitrogens with two attached hydrogens (primary N) is 1. The van der Waals surface area contributed by atoms with Gasteiger partial charge in [-0.15, -0.1) is 0 Å². The predicted octanol–water partition coefficient (Wildman–Crippen LogP) is 3.10. The number of carbonyl (C=O) groups is 2. The zero-order valence-electron chi connectivity index (χ0n) is 13.3. The van der Waals surface area contributed by atoms with E-state index in [9.17, 15) is 9.59 Å². The Morgan fingerprint density at radius 2 is 1.65 bits per heavy atom. The number of nitrogen functional groups attached to an aromatic ring is 1. The molecule has 0 aliphatic heterocycles. The fraction of sp³-hybridized carbons (Fsp3) is 0.100. The van der Waals surface area contributed by atoms with Crippen LogP contribution >= 0.6 is 0 Å². The Labute approximate surface area is 152 Å². The molecule has 3 rings (SSSR count). The van der Waals surface area contributed by atoms with Crippen molar-refractivity contribution in [2.45, 2.75) is 14.0 Å². The molecule has 0 radical (unpaired) electrons. The highest BCUT2D eigenvalue weighted by atomic mass is 16.1. The Kier molecular flexibility index (Phi) is 6.16. The van der Waals surface area contributed by atoms with Gasteiger partial charge >= 0.3 is 0 Å². The van der Waals surface area contributed by atoms with Gasteiger partial charge in [0.15, 0.2) is 0 Å². The molecule has 26 heavy (non-hydrogen) atoms. The molecule has 6 heteroatoms. The standard InChI is InChI=1S/C19H16N4O2.CH4/c20-16-3-1-13(2-4-16)11-23-19(25)15-6-8-22-18(10-15)17-9-14(12-24)5-7-21-17;/h1-10,12H,11,20H2,(H,23,25);1H4. The van der Waals surface area contributed by atoms with Gasteiger partial charge in [0.05, 0.1) is 11.4 Å². The number of amides is 1. The topological polar surface area (TPSA) is 98.0 Å². The van der Waals surface area contributed by atoms with Gasteiger partial charge < -0.3 is 11.1 Å². The van der Waals surface area contributed by atoms with Crippen molar-refractivity contribution in [1.82, 2.24) is 15.3 Å². The van der Waals surface area contributed by atoms with Crippen LogP contribution in [0, 0.1) is 0 Å². The van der Waals surface area contributed by atoms with Crippen LogP contribution in [0.2, 0.25) is 0 Å². The van der Waals surface area contributed by atoms with Crippen LogP contribution in [0.5, 0.6) is 0 Å². The van der Waals surface area contributed by atoms with Gasteiger partial charge in [0.25, 0.3) is 5.91 Å². The molecule has 0 atom stereocenters. The van der Waals surface area contributed by atoms with Gasteiger partial charge in [-0.3, -0.25) is 19.6 Å². The molecule has 0 fully saturated rings. The van der Waals surface area contributed by atoms with Crippen molar-refractivity contribution in [3.63, 3.8) is 0 Å². The summed E-state index contributed by atoms with van der Waals surface area (Å²) >= 11 is 0. The lowest BCUT2D eigenvalue weighted by Crippen LogP contribution is -2.22. The average molecular weight is 348 g/mol. The number of rotatable bonds is 5. The summed E-state index contributed by atoms with van der Waals surface area (Å²) in [6.07, 6.45) is 3.83. The van der Waals surface area contributed by atoms with E-state index in [1.165, 1.54) is 6.20 Å². The third-order valence-corrected chi connectivity index (χ3v) is 3.64. The second kappa shape index (κ2) is 8.53. The molecular weight excluding hydrogens is 328 g/mol. The molecule has 0 aliphatic carbocycles. The number of aromatic nitrogens is 2. The van der Waals surface area contributed by atoms with Gasteiger partial charge in [0.2, 0.25) is 0 Å². The maximum atomic E-state index is 12.4. The molecule has 0 unspecified atom stereocenters. The van der Waals surface area contributed by atoms with E-state index in [-0.39, 0.29) is 13.3 Å². The predicted molar refractivity (Wildman–Crippen MR) is 102 cm³/mol. The van der Waals surface area contributed by atoms with E-state index < -0.39 is 0 Å². The summed E-state index contributed by atoms with van der Waals surface area (Å²) in [6, 6.07) is 13.8. The van der Waals surface area contributed by atoms with E-state index in [2.05, 4.69) is 15.3 Å². The van der Waals surface area contributed by atoms with Crippen molar-refractivity contribution in [1.29, 1.82) is 0 Å². The zero-order valence-corrected chi connectivity index (χ0v) is 13.3. The molecule has 2 aromatic heterocycles. The lowest BCUT2D eigenvalue weighted by molar-refractivity contribution is 0.0950. The second-order valence-corrected chi connectivity index (χ2v) is 5.45. The Bertz CT molecular complexity index is 908. The highest BCUT2D eigenvalue weighted by Crippen LogP contribution is 2.16. The molecule has 2 heterocycles. The maximum absolute atomic E-state index is 12.4. The summed E-state index contributed by atoms with van der Waals surface area (Å²) in [5.74, 6) is -0.216. The molecule has 132 valence electrons. The van der Waals surface area contributed by atoms with Crippen LogP contribution in [0.1, 0.15) is 33.7 Å². The van der Waals surface area contributed by atoms with Gasteiger partial charge in [-0.25, -0.2) is 0 Å². The molecule has 3 aromatic rings. The van der Waals surface area contributed by atoms with Crippen LogP contribution in [-0.2, 0) is 6.54 Å². The molecule has 3 N–H and O–H groups in total. The largest absolute Gasteiger partial charge is 0.399 e. The lowest BCUT2D eigenvalue weighted by atomic mass is 10.1. The van der Waals surface area contributed by atoms with E-state index in [1.54, 1.807) is 42.6 Å². The number of nitrogens with zero attached hydrogens (tertiary/aromatic N) is 2. The quantitative estimate of drug-likeness (QED) is 0.545. The molecule has 1 amide bonds. The van der Waals surface area contributed by atoms with E-state index in [0.717, 1.165) is 11.8 Å². The van der Waals surface area contributed by atoms with Gasteiger partial charge in [-0.05, 0) is 42.0 Å². The van der Waals surface area contributed by atoms with Crippen LogP contribution in [0.25, 0.3) is 11.4 Å². The van der Waals surface area contributed by atoms with Crippen molar-refractivity contribution in [2.75, 3.05) is 5.73 Å². The molecule has 0 spiro atoms. The summed E-state index contributed by atoms with van der Waals surface area (Å²) < 4.78 is 0. The van der Waals surface area contributed by atoms with Crippen molar-refractivity contribution < 1.29 is 9.59 Å². The van der Waals surface area contributed by atoms with Gasteiger partial charge in [0, 0.05) is 35.8 Å². The average Bonchev–Trinajstić information content (AvgIpc) is 2.67. The van der Waals surface area contributed by atoms with Gasteiger partial charge in [-0.1, -0.05) is 19.6 Å². The molecule has 6 nitrogen and oxygen atoms in total. The fourth-order valence-corrected chi connectivity index (χ4v) is 2.29. The first-order valence-electron chi connectivity index (χ1n) is 7.66. The number of hydrogen-bond acceptors (Lipinski definition) is 5. The summed E-state index contributed by atoms with van der Waals surface area (Å²) in [5.41, 5.74) is 9.33. The summed E-state index contributed by atoms with van der Waals surface area (Å²) in [6.45, 7) is 0.398. The SMILES string of the molecule is C.Nc1ccc(CNC(=O)c2ccnc(-c3cc(C=O)ccn3)c2)cc1. The maximum Gasteiger partial charge on any atom is 0.251 e. The Morgan fingerprint density at radius 3 is 2.35 bits per heavy atom. The first-order valence-corrected chi connectivity index (χ1v) is 7.66. The minimum absolute atomic E-state index is 0. The van der Waals surface area contributed by atoms with Gasteiger partial charge in [-0.2, -0.15) is 0 Å². The summed E-state index contributed by atoms with van der Waals surface area (Å²) in [5, 5.41) is 2.85. The number of benzene rings is 1. The number of carbonyl (C=O) groups excluding carboxylic acids is 2.